The summed E-state index contributed by atoms with van der Waals surface area (Å²) in [6.45, 7) is 2.05. The average molecular weight is 294 g/mol. The van der Waals surface area contributed by atoms with Gasteiger partial charge in [0.25, 0.3) is 5.79 Å². The minimum absolute atomic E-state index is 0.0545. The number of carboxylic acid groups (broad SMARTS) is 1. The van der Waals surface area contributed by atoms with Crippen LogP contribution in [0.15, 0.2) is 30.0 Å². The van der Waals surface area contributed by atoms with E-state index in [4.69, 9.17) is 15.3 Å². The highest BCUT2D eigenvalue weighted by molar-refractivity contribution is 5.83. The maximum absolute atomic E-state index is 11.8. The van der Waals surface area contributed by atoms with Gasteiger partial charge in [0.15, 0.2) is 0 Å². The van der Waals surface area contributed by atoms with Gasteiger partial charge in [-0.1, -0.05) is 19.1 Å². The summed E-state index contributed by atoms with van der Waals surface area (Å²) in [5, 5.41) is 26.7. The van der Waals surface area contributed by atoms with Gasteiger partial charge in [-0.2, -0.15) is 0 Å². The van der Waals surface area contributed by atoms with Crippen LogP contribution in [0, 0.1) is 11.8 Å². The Labute approximate surface area is 124 Å². The van der Waals surface area contributed by atoms with Gasteiger partial charge < -0.3 is 15.3 Å². The van der Waals surface area contributed by atoms with Crippen LogP contribution in [0.25, 0.3) is 0 Å². The van der Waals surface area contributed by atoms with Gasteiger partial charge in [0.1, 0.15) is 5.78 Å². The standard InChI is InChI=1S/C16H22O5/c1-2-3-7-12-9-10-14(17)13(12)8-5-4-6-11-16(20,21)15(18)19/h3,5-7,12-13,20-21H,2,8-11H2,1H3,(H,18,19)/t4?,12-,13+/m0/s1. The topological polar surface area (TPSA) is 94.8 Å². The van der Waals surface area contributed by atoms with E-state index in [1.807, 2.05) is 6.92 Å². The Kier molecular flexibility index (Phi) is 6.56. The van der Waals surface area contributed by atoms with Crippen molar-refractivity contribution < 1.29 is 24.9 Å². The number of hydrogen-bond donors (Lipinski definition) is 3. The molecule has 1 fully saturated rings. The van der Waals surface area contributed by atoms with Crippen molar-refractivity contribution in [1.82, 2.24) is 0 Å². The first-order valence-corrected chi connectivity index (χ1v) is 7.15. The molecule has 1 aliphatic carbocycles. The lowest BCUT2D eigenvalue weighted by Gasteiger charge is -2.12. The zero-order valence-electron chi connectivity index (χ0n) is 12.2. The molecule has 1 saturated carbocycles. The molecule has 2 atom stereocenters. The van der Waals surface area contributed by atoms with Crippen molar-refractivity contribution in [2.75, 3.05) is 0 Å². The van der Waals surface area contributed by atoms with Crippen LogP contribution in [-0.4, -0.2) is 32.9 Å². The fourth-order valence-corrected chi connectivity index (χ4v) is 2.35. The highest BCUT2D eigenvalue weighted by Crippen LogP contribution is 2.32. The fraction of sp³-hybridized carbons (Fsp3) is 0.562. The number of ketones is 1. The molecule has 3 N–H and O–H groups in total. The minimum atomic E-state index is -2.77. The molecule has 0 aromatic heterocycles. The predicted molar refractivity (Wildman–Crippen MR) is 77.3 cm³/mol. The Balaban J connectivity index is 2.56. The molecule has 0 aliphatic heterocycles. The smallest absolute Gasteiger partial charge is 0.364 e. The van der Waals surface area contributed by atoms with Crippen LogP contribution in [-0.2, 0) is 9.59 Å². The largest absolute Gasteiger partial charge is 0.477 e. The van der Waals surface area contributed by atoms with E-state index < -0.39 is 18.2 Å². The maximum atomic E-state index is 11.8. The summed E-state index contributed by atoms with van der Waals surface area (Å²) in [6.07, 6.45) is 9.55. The van der Waals surface area contributed by atoms with Crippen molar-refractivity contribution in [3.63, 3.8) is 0 Å². The molecule has 21 heavy (non-hydrogen) atoms. The van der Waals surface area contributed by atoms with Crippen molar-refractivity contribution in [2.24, 2.45) is 11.8 Å². The molecule has 0 aromatic rings. The monoisotopic (exact) mass is 294 g/mol. The normalized spacial score (nSPS) is 22.3. The van der Waals surface area contributed by atoms with E-state index in [1.165, 1.54) is 6.08 Å². The molecule has 5 nitrogen and oxygen atoms in total. The number of carbonyl (C=O) groups excluding carboxylic acids is 1. The molecule has 5 heteroatoms. The number of Topliss-reactive ketones (excluding diaryl/α,β-unsaturated/α-hetero) is 1. The second-order valence-corrected chi connectivity index (χ2v) is 5.25. The molecule has 0 aromatic carbocycles. The molecule has 0 saturated heterocycles. The molecular formula is C16H22O5. The van der Waals surface area contributed by atoms with Gasteiger partial charge in [0.05, 0.1) is 0 Å². The maximum Gasteiger partial charge on any atom is 0.364 e. The van der Waals surface area contributed by atoms with Crippen LogP contribution in [0.1, 0.15) is 39.0 Å². The third-order valence-corrected chi connectivity index (χ3v) is 3.61. The van der Waals surface area contributed by atoms with Gasteiger partial charge >= 0.3 is 5.97 Å². The number of allylic oxidation sites excluding steroid dienone is 2. The van der Waals surface area contributed by atoms with E-state index in [9.17, 15) is 9.59 Å². The van der Waals surface area contributed by atoms with Crippen LogP contribution in [0.2, 0.25) is 0 Å². The molecule has 0 bridgehead atoms. The number of hydrogen-bond acceptors (Lipinski definition) is 4. The number of aliphatic carboxylic acids is 1. The zero-order valence-corrected chi connectivity index (χ0v) is 12.2. The van der Waals surface area contributed by atoms with Crippen LogP contribution in [0.3, 0.4) is 0 Å². The zero-order chi connectivity index (χ0) is 15.9. The van der Waals surface area contributed by atoms with E-state index in [-0.39, 0.29) is 17.6 Å². The lowest BCUT2D eigenvalue weighted by atomic mass is 9.92. The van der Waals surface area contributed by atoms with Gasteiger partial charge in [-0.25, -0.2) is 4.79 Å². The molecule has 1 aliphatic rings. The van der Waals surface area contributed by atoms with Crippen LogP contribution >= 0.6 is 0 Å². The van der Waals surface area contributed by atoms with Crippen molar-refractivity contribution in [2.45, 2.75) is 44.8 Å². The molecule has 0 spiro atoms. The Hall–Kier alpha value is -1.68. The summed E-state index contributed by atoms with van der Waals surface area (Å²) < 4.78 is 0. The van der Waals surface area contributed by atoms with E-state index >= 15 is 0 Å². The summed E-state index contributed by atoms with van der Waals surface area (Å²) in [7, 11) is 0. The lowest BCUT2D eigenvalue weighted by Crippen LogP contribution is -2.37. The van der Waals surface area contributed by atoms with Gasteiger partial charge in [0, 0.05) is 18.8 Å². The Morgan fingerprint density at radius 1 is 1.43 bits per heavy atom. The lowest BCUT2D eigenvalue weighted by molar-refractivity contribution is -0.201. The number of aliphatic hydroxyl groups is 2. The predicted octanol–water partition coefficient (Wildman–Crippen LogP) is 1.80. The second-order valence-electron chi connectivity index (χ2n) is 5.25. The first-order chi connectivity index (χ1) is 9.88. The van der Waals surface area contributed by atoms with Crippen molar-refractivity contribution >= 4 is 11.8 Å². The van der Waals surface area contributed by atoms with E-state index in [0.717, 1.165) is 12.8 Å². The van der Waals surface area contributed by atoms with E-state index in [1.54, 1.807) is 6.08 Å². The Morgan fingerprint density at radius 3 is 2.76 bits per heavy atom. The third kappa shape index (κ3) is 5.31. The molecule has 0 radical (unpaired) electrons. The molecular weight excluding hydrogens is 272 g/mol. The van der Waals surface area contributed by atoms with Crippen LogP contribution in [0.4, 0.5) is 0 Å². The molecule has 116 valence electrons. The van der Waals surface area contributed by atoms with Crippen molar-refractivity contribution in [3.8, 4) is 0 Å². The number of carboxylic acids is 1. The quantitative estimate of drug-likeness (QED) is 0.378. The van der Waals surface area contributed by atoms with Gasteiger partial charge in [-0.3, -0.25) is 4.79 Å². The average Bonchev–Trinajstić information content (AvgIpc) is 2.77. The first kappa shape index (κ1) is 17.4. The third-order valence-electron chi connectivity index (χ3n) is 3.61. The summed E-state index contributed by atoms with van der Waals surface area (Å²) >= 11 is 0. The Bertz CT molecular complexity index is 469. The molecule has 0 amide bonds. The summed E-state index contributed by atoms with van der Waals surface area (Å²) in [4.78, 5) is 22.3. The van der Waals surface area contributed by atoms with Gasteiger partial charge in [0.2, 0.25) is 0 Å². The highest BCUT2D eigenvalue weighted by Gasteiger charge is 2.32. The first-order valence-electron chi connectivity index (χ1n) is 7.15. The number of rotatable bonds is 7. The Morgan fingerprint density at radius 2 is 2.14 bits per heavy atom. The van der Waals surface area contributed by atoms with E-state index in [2.05, 4.69) is 17.9 Å². The molecule has 1 rings (SSSR count). The fourth-order valence-electron chi connectivity index (χ4n) is 2.35. The summed E-state index contributed by atoms with van der Waals surface area (Å²) in [6, 6.07) is 0. The second kappa shape index (κ2) is 7.93. The van der Waals surface area contributed by atoms with Crippen LogP contribution in [0.5, 0.6) is 0 Å². The number of carbonyl (C=O) groups is 2. The minimum Gasteiger partial charge on any atom is -0.477 e. The van der Waals surface area contributed by atoms with Crippen LogP contribution < -0.4 is 0 Å². The molecule has 0 unspecified atom stereocenters. The summed E-state index contributed by atoms with van der Waals surface area (Å²) in [5.74, 6) is -4.03. The van der Waals surface area contributed by atoms with E-state index in [0.29, 0.717) is 12.8 Å². The molecule has 0 heterocycles. The van der Waals surface area contributed by atoms with Gasteiger partial charge in [-0.05, 0) is 37.3 Å². The van der Waals surface area contributed by atoms with Crippen molar-refractivity contribution in [3.05, 3.63) is 30.0 Å². The highest BCUT2D eigenvalue weighted by atomic mass is 16.5. The van der Waals surface area contributed by atoms with Gasteiger partial charge in [-0.15, -0.1) is 5.73 Å². The van der Waals surface area contributed by atoms with Crippen molar-refractivity contribution in [1.29, 1.82) is 0 Å². The SMILES string of the molecule is CCC=C[C@H]1CCC(=O)[C@@H]1CC=C=CCC(O)(O)C(=O)O. The summed E-state index contributed by atoms with van der Waals surface area (Å²) in [5.41, 5.74) is 2.71.